The third kappa shape index (κ3) is 8.67. The molecule has 0 unspecified atom stereocenters. The van der Waals surface area contributed by atoms with Gasteiger partial charge >= 0.3 is 6.09 Å². The Morgan fingerprint density at radius 3 is 1.94 bits per heavy atom. The monoisotopic (exact) mass is 847 g/mol. The number of aromatic nitrogens is 4. The minimum absolute atomic E-state index is 0.0591. The second-order valence-electron chi connectivity index (χ2n) is 16.3. The van der Waals surface area contributed by atoms with E-state index in [9.17, 15) is 14.4 Å². The van der Waals surface area contributed by atoms with Crippen molar-refractivity contribution in [1.29, 1.82) is 0 Å². The Kier molecular flexibility index (Phi) is 13.0. The van der Waals surface area contributed by atoms with Crippen molar-refractivity contribution >= 4 is 23.6 Å². The van der Waals surface area contributed by atoms with Crippen molar-refractivity contribution in [2.75, 3.05) is 51.3 Å². The second-order valence-corrected chi connectivity index (χ2v) is 16.3. The summed E-state index contributed by atoms with van der Waals surface area (Å²) >= 11 is 0. The minimum Gasteiger partial charge on any atom is -0.453 e. The number of ether oxygens (including phenoxy) is 1. The SMILES string of the molecule is CCN(CC)[C@@H](C(=O)N1CCC[C@H]1c1ncc(C2CCN(c3c(F)cc(-c4cnc([C@@H]5CCCN5C(=O)[C@H](NC(=O)OC)c5ccccc5)[nH]4)cc3F)CC2)[nH]1)c1ccccc1. The van der Waals surface area contributed by atoms with Gasteiger partial charge in [-0.2, -0.15) is 0 Å². The number of likely N-dealkylation sites (tertiary alicyclic amines) is 2. The Balaban J connectivity index is 0.917. The van der Waals surface area contributed by atoms with E-state index in [2.05, 4.69) is 39.0 Å². The molecule has 5 heterocycles. The number of carbonyl (C=O) groups excluding carboxylic acids is 3. The molecule has 0 spiro atoms. The number of amides is 3. The quantitative estimate of drug-likeness (QED) is 0.108. The van der Waals surface area contributed by atoms with E-state index in [0.29, 0.717) is 68.1 Å². The summed E-state index contributed by atoms with van der Waals surface area (Å²) in [6.45, 7) is 7.72. The first-order valence-corrected chi connectivity index (χ1v) is 21.8. The van der Waals surface area contributed by atoms with E-state index in [1.165, 1.54) is 25.4 Å². The lowest BCUT2D eigenvalue weighted by Crippen LogP contribution is -2.43. The Morgan fingerprint density at radius 1 is 0.774 bits per heavy atom. The third-order valence-electron chi connectivity index (χ3n) is 12.8. The van der Waals surface area contributed by atoms with Crippen LogP contribution in [0.15, 0.2) is 85.2 Å². The summed E-state index contributed by atoms with van der Waals surface area (Å²) in [7, 11) is 1.24. The molecule has 0 aliphatic carbocycles. The van der Waals surface area contributed by atoms with Crippen LogP contribution in [-0.4, -0.2) is 98.9 Å². The summed E-state index contributed by atoms with van der Waals surface area (Å²) in [5, 5.41) is 2.66. The number of hydrogen-bond donors (Lipinski definition) is 3. The van der Waals surface area contributed by atoms with Gasteiger partial charge in [0, 0.05) is 49.6 Å². The number of anilines is 1. The highest BCUT2D eigenvalue weighted by Gasteiger charge is 2.39. The Hall–Kier alpha value is -6.09. The zero-order valence-electron chi connectivity index (χ0n) is 35.5. The van der Waals surface area contributed by atoms with E-state index in [1.54, 1.807) is 34.1 Å². The molecule has 4 atom stereocenters. The van der Waals surface area contributed by atoms with Gasteiger partial charge in [-0.15, -0.1) is 0 Å². The number of nitrogens with one attached hydrogen (secondary N) is 3. The summed E-state index contributed by atoms with van der Waals surface area (Å²) in [5.41, 5.74) is 3.25. The molecule has 0 bridgehead atoms. The number of carbonyl (C=O) groups is 3. The maximum atomic E-state index is 15.9. The number of benzene rings is 3. The molecule has 62 heavy (non-hydrogen) atoms. The standard InChI is InChI=1S/C47H55F2N9O4/c1-4-55(5-2)41(32-16-10-7-11-17-32)46(60)58-23-13-19-39(58)44-50-28-36(52-44)30-20-24-56(25-21-30)42-34(48)26-33(27-35(42)49)37-29-51-43(53-37)38-18-12-22-57(38)45(59)40(54-47(61)62-3)31-14-8-6-9-15-31/h6-11,14-17,26-30,38-41H,4-5,12-13,18-25H2,1-3H3,(H,50,52)(H,51,53)(H,54,61)/t38-,39-,40+,41+/m0/s1. The average molecular weight is 848 g/mol. The van der Waals surface area contributed by atoms with Gasteiger partial charge in [0.05, 0.1) is 31.1 Å². The number of alkyl carbamates (subject to hydrolysis) is 1. The molecule has 2 aromatic heterocycles. The van der Waals surface area contributed by atoms with Crippen molar-refractivity contribution in [2.24, 2.45) is 0 Å². The van der Waals surface area contributed by atoms with Crippen LogP contribution in [0.5, 0.6) is 0 Å². The molecule has 8 rings (SSSR count). The molecule has 3 saturated heterocycles. The van der Waals surface area contributed by atoms with Gasteiger partial charge < -0.3 is 34.7 Å². The fraction of sp³-hybridized carbons (Fsp3) is 0.426. The zero-order valence-corrected chi connectivity index (χ0v) is 35.5. The van der Waals surface area contributed by atoms with Gasteiger partial charge in [0.1, 0.15) is 41.1 Å². The van der Waals surface area contributed by atoms with Crippen molar-refractivity contribution < 1.29 is 27.9 Å². The number of piperidine rings is 1. The number of methoxy groups -OCH3 is 1. The van der Waals surface area contributed by atoms with E-state index < -0.39 is 29.8 Å². The normalized spacial score (nSPS) is 19.2. The molecule has 3 aliphatic heterocycles. The zero-order chi connectivity index (χ0) is 43.3. The number of hydrogen-bond acceptors (Lipinski definition) is 8. The maximum Gasteiger partial charge on any atom is 0.407 e. The first kappa shape index (κ1) is 42.6. The molecular weight excluding hydrogens is 793 g/mol. The summed E-state index contributed by atoms with van der Waals surface area (Å²) in [4.78, 5) is 64.2. The molecule has 3 aromatic carbocycles. The summed E-state index contributed by atoms with van der Waals surface area (Å²) in [5.74, 6) is -0.147. The average Bonchev–Trinajstić information content (AvgIpc) is 4.15. The van der Waals surface area contributed by atoms with Gasteiger partial charge in [-0.1, -0.05) is 74.5 Å². The number of rotatable bonds is 13. The molecule has 3 N–H and O–H groups in total. The van der Waals surface area contributed by atoms with E-state index in [4.69, 9.17) is 9.72 Å². The summed E-state index contributed by atoms with van der Waals surface area (Å²) in [6, 6.07) is 19.7. The number of aromatic amines is 2. The van der Waals surface area contributed by atoms with Gasteiger partial charge in [-0.05, 0) is 74.9 Å². The fourth-order valence-corrected chi connectivity index (χ4v) is 9.61. The van der Waals surface area contributed by atoms with E-state index in [-0.39, 0.29) is 35.5 Å². The maximum absolute atomic E-state index is 15.9. The number of imidazole rings is 2. The lowest BCUT2D eigenvalue weighted by atomic mass is 9.93. The van der Waals surface area contributed by atoms with Crippen LogP contribution in [0.4, 0.5) is 19.3 Å². The van der Waals surface area contributed by atoms with E-state index >= 15 is 8.78 Å². The topological polar surface area (TPSA) is 143 Å². The number of halogens is 2. The van der Waals surface area contributed by atoms with Crippen molar-refractivity contribution in [3.63, 3.8) is 0 Å². The van der Waals surface area contributed by atoms with Crippen LogP contribution >= 0.6 is 0 Å². The van der Waals surface area contributed by atoms with Crippen LogP contribution in [0.2, 0.25) is 0 Å². The van der Waals surface area contributed by atoms with Crippen LogP contribution in [0.25, 0.3) is 11.3 Å². The van der Waals surface area contributed by atoms with Crippen LogP contribution < -0.4 is 10.2 Å². The van der Waals surface area contributed by atoms with Crippen LogP contribution in [0.1, 0.15) is 111 Å². The highest BCUT2D eigenvalue weighted by molar-refractivity contribution is 5.87. The summed E-state index contributed by atoms with van der Waals surface area (Å²) < 4.78 is 36.7. The van der Waals surface area contributed by atoms with Gasteiger partial charge in [0.25, 0.3) is 5.91 Å². The summed E-state index contributed by atoms with van der Waals surface area (Å²) in [6.07, 6.45) is 7.09. The number of likely N-dealkylation sites (N-methyl/N-ethyl adjacent to an activating group) is 1. The van der Waals surface area contributed by atoms with Gasteiger partial charge in [0.15, 0.2) is 0 Å². The molecular formula is C47H55F2N9O4. The Labute approximate surface area is 360 Å². The van der Waals surface area contributed by atoms with Crippen LogP contribution in [0.3, 0.4) is 0 Å². The van der Waals surface area contributed by atoms with Crippen molar-refractivity contribution in [2.45, 2.75) is 82.5 Å². The van der Waals surface area contributed by atoms with Crippen molar-refractivity contribution in [1.82, 2.24) is 40.0 Å². The number of nitrogens with zero attached hydrogens (tertiary/aromatic N) is 6. The predicted molar refractivity (Wildman–Crippen MR) is 231 cm³/mol. The molecule has 3 aliphatic rings. The largest absolute Gasteiger partial charge is 0.453 e. The van der Waals surface area contributed by atoms with E-state index in [1.807, 2.05) is 47.5 Å². The molecule has 5 aromatic rings. The molecule has 0 saturated carbocycles. The Bertz CT molecular complexity index is 2300. The van der Waals surface area contributed by atoms with Gasteiger partial charge in [-0.3, -0.25) is 14.5 Å². The molecule has 13 nitrogen and oxygen atoms in total. The highest BCUT2D eigenvalue weighted by atomic mass is 19.1. The molecule has 15 heteroatoms. The van der Waals surface area contributed by atoms with Crippen molar-refractivity contribution in [3.05, 3.63) is 125 Å². The van der Waals surface area contributed by atoms with Gasteiger partial charge in [0.2, 0.25) is 5.91 Å². The van der Waals surface area contributed by atoms with Crippen LogP contribution in [-0.2, 0) is 14.3 Å². The fourth-order valence-electron chi connectivity index (χ4n) is 9.61. The first-order chi connectivity index (χ1) is 30.2. The highest BCUT2D eigenvalue weighted by Crippen LogP contribution is 2.39. The smallest absolute Gasteiger partial charge is 0.407 e. The Morgan fingerprint density at radius 2 is 1.34 bits per heavy atom. The van der Waals surface area contributed by atoms with Crippen molar-refractivity contribution in [3.8, 4) is 11.3 Å². The second kappa shape index (κ2) is 18.9. The first-order valence-electron chi connectivity index (χ1n) is 21.8. The molecule has 3 amide bonds. The lowest BCUT2D eigenvalue weighted by molar-refractivity contribution is -0.138. The minimum atomic E-state index is -0.965. The molecule has 3 fully saturated rings. The predicted octanol–water partition coefficient (Wildman–Crippen LogP) is 7.97. The molecule has 0 radical (unpaired) electrons. The third-order valence-corrected chi connectivity index (χ3v) is 12.8. The van der Waals surface area contributed by atoms with Gasteiger partial charge in [-0.25, -0.2) is 23.5 Å². The number of H-pyrrole nitrogens is 2. The molecule has 326 valence electrons. The lowest BCUT2D eigenvalue weighted by Gasteiger charge is -2.34. The van der Waals surface area contributed by atoms with E-state index in [0.717, 1.165) is 49.4 Å². The van der Waals surface area contributed by atoms with Crippen LogP contribution in [0, 0.1) is 11.6 Å².